The molecule has 33 heavy (non-hydrogen) atoms. The Morgan fingerprint density at radius 3 is 2.45 bits per heavy atom. The van der Waals surface area contributed by atoms with Crippen molar-refractivity contribution in [2.45, 2.75) is 56.9 Å². The first-order chi connectivity index (χ1) is 16.0. The van der Waals surface area contributed by atoms with E-state index in [1.54, 1.807) is 0 Å². The number of carbonyl (C=O) groups is 2. The van der Waals surface area contributed by atoms with Crippen LogP contribution in [0.4, 0.5) is 0 Å². The van der Waals surface area contributed by atoms with Crippen LogP contribution in [0.1, 0.15) is 33.1 Å². The second-order valence-electron chi connectivity index (χ2n) is 8.90. The maximum absolute atomic E-state index is 13.4. The van der Waals surface area contributed by atoms with E-state index in [0.29, 0.717) is 43.0 Å². The second-order valence-corrected chi connectivity index (χ2v) is 9.85. The fourth-order valence-electron chi connectivity index (χ4n) is 5.05. The molecule has 5 rings (SSSR count). The molecule has 2 aromatic heterocycles. The number of imidazole rings is 1. The molecular weight excluding hydrogens is 440 g/mol. The van der Waals surface area contributed by atoms with E-state index in [2.05, 4.69) is 24.0 Å². The molecule has 4 heterocycles. The molecule has 176 valence electrons. The summed E-state index contributed by atoms with van der Waals surface area (Å²) in [6.45, 7) is 6.92. The number of rotatable bonds is 5. The minimum atomic E-state index is 0.0760. The summed E-state index contributed by atoms with van der Waals surface area (Å²) >= 11 is 1.38. The number of benzene rings is 1. The maximum Gasteiger partial charge on any atom is 0.243 e. The summed E-state index contributed by atoms with van der Waals surface area (Å²) in [6, 6.07) is 8.44. The van der Waals surface area contributed by atoms with Crippen molar-refractivity contribution in [3.63, 3.8) is 0 Å². The number of thioether (sulfide) groups is 1. The second kappa shape index (κ2) is 9.34. The number of para-hydroxylation sites is 2. The summed E-state index contributed by atoms with van der Waals surface area (Å²) in [5.41, 5.74) is 1.88. The van der Waals surface area contributed by atoms with Gasteiger partial charge in [-0.05, 0) is 45.2 Å². The van der Waals surface area contributed by atoms with Gasteiger partial charge in [0.1, 0.15) is 6.54 Å². The summed E-state index contributed by atoms with van der Waals surface area (Å²) < 4.78 is 9.25. The zero-order valence-corrected chi connectivity index (χ0v) is 20.0. The summed E-state index contributed by atoms with van der Waals surface area (Å²) in [7, 11) is 0. The summed E-state index contributed by atoms with van der Waals surface area (Å²) in [4.78, 5) is 29.8. The average molecular weight is 471 g/mol. The van der Waals surface area contributed by atoms with Crippen LogP contribution < -0.4 is 0 Å². The van der Waals surface area contributed by atoms with Crippen LogP contribution in [-0.2, 0) is 20.9 Å². The minimum absolute atomic E-state index is 0.0760. The predicted octanol–water partition coefficient (Wildman–Crippen LogP) is 2.42. The van der Waals surface area contributed by atoms with Gasteiger partial charge in [0.05, 0.1) is 30.0 Å². The Bertz CT molecular complexity index is 1160. The van der Waals surface area contributed by atoms with Crippen LogP contribution in [-0.4, -0.2) is 84.9 Å². The van der Waals surface area contributed by atoms with Crippen molar-refractivity contribution in [1.82, 2.24) is 29.0 Å². The van der Waals surface area contributed by atoms with Crippen molar-refractivity contribution in [3.8, 4) is 0 Å². The van der Waals surface area contributed by atoms with Crippen LogP contribution >= 0.6 is 11.8 Å². The number of nitrogens with zero attached hydrogens (tertiary/aromatic N) is 6. The molecule has 0 radical (unpaired) electrons. The largest absolute Gasteiger partial charge is 0.378 e. The molecule has 2 saturated heterocycles. The average Bonchev–Trinajstić information content (AvgIpc) is 3.37. The fraction of sp³-hybridized carbons (Fsp3) is 0.565. The smallest absolute Gasteiger partial charge is 0.243 e. The SMILES string of the molecule is C[C@H]1CCC[C@H](C)N1C(=O)Cn1c2ccccc2n2c(SCC(=O)N3CCOCC3)nnc12. The molecule has 2 aliphatic heterocycles. The molecule has 0 bridgehead atoms. The highest BCUT2D eigenvalue weighted by atomic mass is 32.2. The molecule has 2 atom stereocenters. The van der Waals surface area contributed by atoms with Gasteiger partial charge in [-0.2, -0.15) is 0 Å². The van der Waals surface area contributed by atoms with Crippen LogP contribution in [0.25, 0.3) is 16.8 Å². The molecule has 10 heteroatoms. The number of hydrogen-bond acceptors (Lipinski definition) is 6. The van der Waals surface area contributed by atoms with Gasteiger partial charge in [-0.1, -0.05) is 23.9 Å². The lowest BCUT2D eigenvalue weighted by atomic mass is 9.97. The number of ether oxygens (including phenoxy) is 1. The predicted molar refractivity (Wildman–Crippen MR) is 126 cm³/mol. The lowest BCUT2D eigenvalue weighted by Crippen LogP contribution is -2.48. The van der Waals surface area contributed by atoms with Crippen molar-refractivity contribution in [3.05, 3.63) is 24.3 Å². The molecule has 9 nitrogen and oxygen atoms in total. The van der Waals surface area contributed by atoms with Gasteiger partial charge in [0.2, 0.25) is 17.6 Å². The first-order valence-electron chi connectivity index (χ1n) is 11.7. The van der Waals surface area contributed by atoms with Crippen LogP contribution in [0.2, 0.25) is 0 Å². The Hall–Kier alpha value is -2.59. The Balaban J connectivity index is 1.42. The van der Waals surface area contributed by atoms with Gasteiger partial charge in [0.25, 0.3) is 0 Å². The lowest BCUT2D eigenvalue weighted by Gasteiger charge is -2.39. The molecule has 2 amide bonds. The number of aromatic nitrogens is 4. The third kappa shape index (κ3) is 4.21. The fourth-order valence-corrected chi connectivity index (χ4v) is 5.89. The van der Waals surface area contributed by atoms with Crippen molar-refractivity contribution in [1.29, 1.82) is 0 Å². The van der Waals surface area contributed by atoms with Gasteiger partial charge in [-0.25, -0.2) is 0 Å². The van der Waals surface area contributed by atoms with E-state index >= 15 is 0 Å². The maximum atomic E-state index is 13.4. The van der Waals surface area contributed by atoms with Crippen LogP contribution in [0.3, 0.4) is 0 Å². The standard InChI is InChI=1S/C23H30N6O3S/c1-16-6-5-7-17(2)28(16)20(30)14-27-18-8-3-4-9-19(18)29-22(27)24-25-23(29)33-15-21(31)26-10-12-32-13-11-26/h3-4,8-9,16-17H,5-7,10-15H2,1-2H3/t16-,17-/m0/s1. The van der Waals surface area contributed by atoms with Crippen LogP contribution in [0, 0.1) is 0 Å². The van der Waals surface area contributed by atoms with E-state index in [1.165, 1.54) is 11.8 Å². The van der Waals surface area contributed by atoms with E-state index in [0.717, 1.165) is 30.3 Å². The molecule has 2 fully saturated rings. The normalized spacial score (nSPS) is 21.8. The van der Waals surface area contributed by atoms with Gasteiger partial charge in [0, 0.05) is 25.2 Å². The number of hydrogen-bond donors (Lipinski definition) is 0. The van der Waals surface area contributed by atoms with E-state index in [4.69, 9.17) is 4.74 Å². The van der Waals surface area contributed by atoms with Crippen molar-refractivity contribution < 1.29 is 14.3 Å². The number of fused-ring (bicyclic) bond motifs is 3. The number of morpholine rings is 1. The molecular formula is C23H30N6O3S. The highest BCUT2D eigenvalue weighted by molar-refractivity contribution is 7.99. The summed E-state index contributed by atoms with van der Waals surface area (Å²) in [6.07, 6.45) is 3.25. The first-order valence-corrected chi connectivity index (χ1v) is 12.6. The molecule has 0 N–H and O–H groups in total. The van der Waals surface area contributed by atoms with Crippen molar-refractivity contribution >= 4 is 40.4 Å². The Labute approximate surface area is 197 Å². The Kier molecular flexibility index (Phi) is 6.29. The molecule has 2 aliphatic rings. The zero-order valence-electron chi connectivity index (χ0n) is 19.1. The topological polar surface area (TPSA) is 85.0 Å². The molecule has 0 spiro atoms. The van der Waals surface area contributed by atoms with E-state index < -0.39 is 0 Å². The van der Waals surface area contributed by atoms with Gasteiger partial charge in [-0.3, -0.25) is 18.6 Å². The summed E-state index contributed by atoms with van der Waals surface area (Å²) in [5.74, 6) is 1.11. The van der Waals surface area contributed by atoms with Gasteiger partial charge in [0.15, 0.2) is 5.16 Å². The third-order valence-corrected chi connectivity index (χ3v) is 7.65. The summed E-state index contributed by atoms with van der Waals surface area (Å²) in [5, 5.41) is 9.45. The van der Waals surface area contributed by atoms with Gasteiger partial charge < -0.3 is 14.5 Å². The monoisotopic (exact) mass is 470 g/mol. The molecule has 0 aliphatic carbocycles. The van der Waals surface area contributed by atoms with Crippen LogP contribution in [0.15, 0.2) is 29.4 Å². The molecule has 3 aromatic rings. The van der Waals surface area contributed by atoms with Gasteiger partial charge >= 0.3 is 0 Å². The Morgan fingerprint density at radius 1 is 1.03 bits per heavy atom. The number of likely N-dealkylation sites (tertiary alicyclic amines) is 1. The molecule has 0 unspecified atom stereocenters. The van der Waals surface area contributed by atoms with Crippen molar-refractivity contribution in [2.75, 3.05) is 32.1 Å². The quantitative estimate of drug-likeness (QED) is 0.533. The van der Waals surface area contributed by atoms with E-state index in [1.807, 2.05) is 43.0 Å². The number of amides is 2. The number of carbonyl (C=O) groups excluding carboxylic acids is 2. The minimum Gasteiger partial charge on any atom is -0.378 e. The Morgan fingerprint density at radius 2 is 1.73 bits per heavy atom. The van der Waals surface area contributed by atoms with E-state index in [-0.39, 0.29) is 30.4 Å². The molecule has 1 aromatic carbocycles. The highest BCUT2D eigenvalue weighted by Gasteiger charge is 2.30. The van der Waals surface area contributed by atoms with Gasteiger partial charge in [-0.15, -0.1) is 10.2 Å². The number of piperidine rings is 1. The molecule has 0 saturated carbocycles. The zero-order chi connectivity index (χ0) is 22.9. The van der Waals surface area contributed by atoms with E-state index in [9.17, 15) is 9.59 Å². The first kappa shape index (κ1) is 22.2. The van der Waals surface area contributed by atoms with Crippen molar-refractivity contribution in [2.24, 2.45) is 0 Å². The lowest BCUT2D eigenvalue weighted by molar-refractivity contribution is -0.137. The highest BCUT2D eigenvalue weighted by Crippen LogP contribution is 2.28. The van der Waals surface area contributed by atoms with Crippen LogP contribution in [0.5, 0.6) is 0 Å². The third-order valence-electron chi connectivity index (χ3n) is 6.73.